The summed E-state index contributed by atoms with van der Waals surface area (Å²) in [6, 6.07) is 10.9. The molecule has 0 radical (unpaired) electrons. The summed E-state index contributed by atoms with van der Waals surface area (Å²) < 4.78 is 0. The van der Waals surface area contributed by atoms with Crippen LogP contribution in [-0.4, -0.2) is 72.3 Å². The van der Waals surface area contributed by atoms with Gasteiger partial charge in [-0.3, -0.25) is 9.59 Å². The van der Waals surface area contributed by atoms with E-state index >= 15 is 0 Å². The van der Waals surface area contributed by atoms with Crippen LogP contribution in [0.2, 0.25) is 0 Å². The summed E-state index contributed by atoms with van der Waals surface area (Å²) in [5.41, 5.74) is 1.76. The van der Waals surface area contributed by atoms with Crippen LogP contribution >= 0.6 is 0 Å². The summed E-state index contributed by atoms with van der Waals surface area (Å²) in [6.07, 6.45) is 4.87. The SMILES string of the molecule is CCN1CC(c2ccccc2)CC2(CCN(C(=O)CN3CCCC3=O)CC2)C1. The number of carbonyl (C=O) groups excluding carboxylic acids is 2. The van der Waals surface area contributed by atoms with Gasteiger partial charge in [0.2, 0.25) is 11.8 Å². The monoisotopic (exact) mass is 383 g/mol. The quantitative estimate of drug-likeness (QED) is 0.803. The summed E-state index contributed by atoms with van der Waals surface area (Å²) >= 11 is 0. The Morgan fingerprint density at radius 2 is 1.89 bits per heavy atom. The van der Waals surface area contributed by atoms with Crippen molar-refractivity contribution < 1.29 is 9.59 Å². The first kappa shape index (κ1) is 19.4. The van der Waals surface area contributed by atoms with Gasteiger partial charge in [0, 0.05) is 39.1 Å². The van der Waals surface area contributed by atoms with Crippen molar-refractivity contribution >= 4 is 11.8 Å². The average molecular weight is 384 g/mol. The first-order chi connectivity index (χ1) is 13.6. The molecule has 0 aliphatic carbocycles. The molecule has 1 atom stereocenters. The van der Waals surface area contributed by atoms with Crippen molar-refractivity contribution in [2.45, 2.75) is 44.9 Å². The van der Waals surface area contributed by atoms with Gasteiger partial charge in [0.05, 0.1) is 6.54 Å². The van der Waals surface area contributed by atoms with Gasteiger partial charge < -0.3 is 14.7 Å². The molecule has 0 bridgehead atoms. The van der Waals surface area contributed by atoms with Gasteiger partial charge in [-0.05, 0) is 49.1 Å². The van der Waals surface area contributed by atoms with E-state index in [1.165, 1.54) is 12.0 Å². The van der Waals surface area contributed by atoms with E-state index < -0.39 is 0 Å². The molecule has 3 heterocycles. The zero-order chi connectivity index (χ0) is 19.6. The van der Waals surface area contributed by atoms with E-state index in [0.29, 0.717) is 17.8 Å². The second-order valence-corrected chi connectivity index (χ2v) is 8.94. The number of rotatable bonds is 4. The van der Waals surface area contributed by atoms with Crippen molar-refractivity contribution in [2.75, 3.05) is 45.8 Å². The third kappa shape index (κ3) is 4.09. The van der Waals surface area contributed by atoms with E-state index in [9.17, 15) is 9.59 Å². The second-order valence-electron chi connectivity index (χ2n) is 8.94. The van der Waals surface area contributed by atoms with Crippen molar-refractivity contribution in [2.24, 2.45) is 5.41 Å². The molecule has 0 aromatic heterocycles. The minimum atomic E-state index is 0.132. The Morgan fingerprint density at radius 3 is 2.54 bits per heavy atom. The molecule has 3 aliphatic heterocycles. The van der Waals surface area contributed by atoms with Crippen LogP contribution in [0.25, 0.3) is 0 Å². The molecule has 1 unspecified atom stereocenters. The van der Waals surface area contributed by atoms with E-state index in [0.717, 1.165) is 58.5 Å². The lowest BCUT2D eigenvalue weighted by Gasteiger charge is -2.50. The Kier molecular flexibility index (Phi) is 5.72. The topological polar surface area (TPSA) is 43.9 Å². The molecule has 3 fully saturated rings. The summed E-state index contributed by atoms with van der Waals surface area (Å²) in [5, 5.41) is 0. The third-order valence-corrected chi connectivity index (χ3v) is 7.11. The number of likely N-dealkylation sites (N-methyl/N-ethyl adjacent to an activating group) is 1. The van der Waals surface area contributed by atoms with Crippen LogP contribution in [0.15, 0.2) is 30.3 Å². The Labute approximate surface area is 168 Å². The normalized spacial score (nSPS) is 25.5. The highest BCUT2D eigenvalue weighted by Crippen LogP contribution is 2.45. The van der Waals surface area contributed by atoms with E-state index in [2.05, 4.69) is 42.2 Å². The minimum absolute atomic E-state index is 0.132. The van der Waals surface area contributed by atoms with Gasteiger partial charge in [-0.2, -0.15) is 0 Å². The van der Waals surface area contributed by atoms with E-state index in [1.807, 2.05) is 4.90 Å². The minimum Gasteiger partial charge on any atom is -0.341 e. The number of piperidine rings is 2. The fourth-order valence-electron chi connectivity index (χ4n) is 5.42. The van der Waals surface area contributed by atoms with E-state index in [4.69, 9.17) is 0 Å². The van der Waals surface area contributed by atoms with Gasteiger partial charge in [0.15, 0.2) is 0 Å². The number of hydrogen-bond acceptors (Lipinski definition) is 3. The smallest absolute Gasteiger partial charge is 0.242 e. The maximum absolute atomic E-state index is 12.7. The predicted molar refractivity (Wildman–Crippen MR) is 110 cm³/mol. The Balaban J connectivity index is 1.39. The zero-order valence-corrected chi connectivity index (χ0v) is 17.1. The van der Waals surface area contributed by atoms with Crippen molar-refractivity contribution in [3.05, 3.63) is 35.9 Å². The first-order valence-electron chi connectivity index (χ1n) is 10.9. The van der Waals surface area contributed by atoms with Gasteiger partial charge in [0.25, 0.3) is 0 Å². The number of likely N-dealkylation sites (tertiary alicyclic amines) is 3. The molecule has 152 valence electrons. The van der Waals surface area contributed by atoms with Crippen LogP contribution in [0.3, 0.4) is 0 Å². The molecule has 5 heteroatoms. The number of hydrogen-bond donors (Lipinski definition) is 0. The lowest BCUT2D eigenvalue weighted by molar-refractivity contribution is -0.140. The standard InChI is InChI=1S/C23H33N3O2/c1-2-24-16-20(19-7-4-3-5-8-19)15-23(18-24)10-13-25(14-11-23)22(28)17-26-12-6-9-21(26)27/h3-5,7-8,20H,2,6,9-18H2,1H3. The maximum atomic E-state index is 12.7. The van der Waals surface area contributed by atoms with Crippen LogP contribution in [-0.2, 0) is 9.59 Å². The highest BCUT2D eigenvalue weighted by Gasteiger charge is 2.42. The number of benzene rings is 1. The summed E-state index contributed by atoms with van der Waals surface area (Å²) in [4.78, 5) is 30.9. The van der Waals surface area contributed by atoms with Crippen molar-refractivity contribution in [3.63, 3.8) is 0 Å². The molecule has 28 heavy (non-hydrogen) atoms. The largest absolute Gasteiger partial charge is 0.341 e. The number of amides is 2. The fourth-order valence-corrected chi connectivity index (χ4v) is 5.42. The third-order valence-electron chi connectivity index (χ3n) is 7.11. The molecule has 4 rings (SSSR count). The molecule has 0 saturated carbocycles. The zero-order valence-electron chi connectivity index (χ0n) is 17.1. The Bertz CT molecular complexity index is 697. The second kappa shape index (κ2) is 8.24. The van der Waals surface area contributed by atoms with Crippen molar-refractivity contribution in [1.82, 2.24) is 14.7 Å². The first-order valence-corrected chi connectivity index (χ1v) is 10.9. The van der Waals surface area contributed by atoms with Gasteiger partial charge in [-0.15, -0.1) is 0 Å². The molecule has 3 saturated heterocycles. The molecule has 1 aromatic rings. The van der Waals surface area contributed by atoms with Crippen LogP contribution in [0.4, 0.5) is 0 Å². The van der Waals surface area contributed by atoms with Gasteiger partial charge >= 0.3 is 0 Å². The highest BCUT2D eigenvalue weighted by molar-refractivity contribution is 5.85. The number of carbonyl (C=O) groups is 2. The van der Waals surface area contributed by atoms with E-state index in [1.54, 1.807) is 4.90 Å². The lowest BCUT2D eigenvalue weighted by Crippen LogP contribution is -2.53. The summed E-state index contributed by atoms with van der Waals surface area (Å²) in [5.74, 6) is 0.852. The molecule has 2 amide bonds. The van der Waals surface area contributed by atoms with Crippen LogP contribution in [0, 0.1) is 5.41 Å². The molecule has 5 nitrogen and oxygen atoms in total. The van der Waals surface area contributed by atoms with E-state index in [-0.39, 0.29) is 18.4 Å². The molecule has 1 spiro atoms. The molecular formula is C23H33N3O2. The van der Waals surface area contributed by atoms with Gasteiger partial charge in [0.1, 0.15) is 0 Å². The van der Waals surface area contributed by atoms with Crippen molar-refractivity contribution in [3.8, 4) is 0 Å². The van der Waals surface area contributed by atoms with Crippen LogP contribution in [0.1, 0.15) is 50.5 Å². The summed E-state index contributed by atoms with van der Waals surface area (Å²) in [7, 11) is 0. The van der Waals surface area contributed by atoms with Gasteiger partial charge in [-0.25, -0.2) is 0 Å². The maximum Gasteiger partial charge on any atom is 0.242 e. The Morgan fingerprint density at radius 1 is 1.14 bits per heavy atom. The van der Waals surface area contributed by atoms with Crippen LogP contribution < -0.4 is 0 Å². The summed E-state index contributed by atoms with van der Waals surface area (Å²) in [6.45, 7) is 8.32. The van der Waals surface area contributed by atoms with Crippen molar-refractivity contribution in [1.29, 1.82) is 0 Å². The Hall–Kier alpha value is -1.88. The fraction of sp³-hybridized carbons (Fsp3) is 0.652. The predicted octanol–water partition coefficient (Wildman–Crippen LogP) is 2.73. The molecule has 3 aliphatic rings. The molecular weight excluding hydrogens is 350 g/mol. The highest BCUT2D eigenvalue weighted by atomic mass is 16.2. The average Bonchev–Trinajstić information content (AvgIpc) is 3.13. The van der Waals surface area contributed by atoms with Gasteiger partial charge in [-0.1, -0.05) is 37.3 Å². The molecule has 0 N–H and O–H groups in total. The van der Waals surface area contributed by atoms with Crippen LogP contribution in [0.5, 0.6) is 0 Å². The lowest BCUT2D eigenvalue weighted by atomic mass is 9.68. The molecule has 1 aromatic carbocycles. The number of nitrogens with zero attached hydrogens (tertiary/aromatic N) is 3.